The first-order valence-corrected chi connectivity index (χ1v) is 9.84. The molecule has 8 heteroatoms. The first kappa shape index (κ1) is 21.0. The maximum Gasteiger partial charge on any atom is 0.339 e. The summed E-state index contributed by atoms with van der Waals surface area (Å²) in [5.41, 5.74) is 3.67. The van der Waals surface area contributed by atoms with E-state index in [-0.39, 0.29) is 17.2 Å². The summed E-state index contributed by atoms with van der Waals surface area (Å²) in [5, 5.41) is 17.4. The predicted octanol–water partition coefficient (Wildman–Crippen LogP) is 5.14. The number of aromatic carboxylic acids is 1. The molecule has 0 spiro atoms. The predicted molar refractivity (Wildman–Crippen MR) is 119 cm³/mol. The maximum absolute atomic E-state index is 13.4. The summed E-state index contributed by atoms with van der Waals surface area (Å²) in [5.74, 6) is -0.0889. The van der Waals surface area contributed by atoms with E-state index in [1.165, 1.54) is 18.2 Å². The second-order valence-corrected chi connectivity index (χ2v) is 7.26. The number of nitrogens with zero attached hydrogens (tertiary/aromatic N) is 3. The van der Waals surface area contributed by atoms with Crippen LogP contribution in [0.2, 0.25) is 0 Å². The molecule has 0 aliphatic rings. The van der Waals surface area contributed by atoms with E-state index in [4.69, 9.17) is 9.84 Å². The average molecular weight is 432 g/mol. The van der Waals surface area contributed by atoms with E-state index in [0.29, 0.717) is 28.5 Å². The van der Waals surface area contributed by atoms with Crippen molar-refractivity contribution in [2.75, 3.05) is 12.4 Å². The lowest BCUT2D eigenvalue weighted by Gasteiger charge is -2.14. The summed E-state index contributed by atoms with van der Waals surface area (Å²) in [4.78, 5) is 16.1. The Labute approximate surface area is 184 Å². The minimum Gasteiger partial charge on any atom is -0.497 e. The van der Waals surface area contributed by atoms with Crippen molar-refractivity contribution in [3.05, 3.63) is 83.3 Å². The van der Waals surface area contributed by atoms with Gasteiger partial charge in [-0.2, -0.15) is 5.10 Å². The van der Waals surface area contributed by atoms with E-state index >= 15 is 0 Å². The van der Waals surface area contributed by atoms with Gasteiger partial charge < -0.3 is 15.2 Å². The van der Waals surface area contributed by atoms with Crippen LogP contribution < -0.4 is 10.1 Å². The number of hydrogen-bond donors (Lipinski definition) is 2. The van der Waals surface area contributed by atoms with E-state index in [1.54, 1.807) is 43.0 Å². The van der Waals surface area contributed by atoms with Crippen LogP contribution >= 0.6 is 0 Å². The zero-order valence-corrected chi connectivity index (χ0v) is 17.8. The number of anilines is 2. The molecule has 0 fully saturated rings. The zero-order valence-electron chi connectivity index (χ0n) is 17.8. The number of halogens is 1. The number of ether oxygens (including phenoxy) is 1. The highest BCUT2D eigenvalue weighted by molar-refractivity contribution is 5.94. The molecule has 2 aromatic carbocycles. The van der Waals surface area contributed by atoms with Crippen molar-refractivity contribution in [1.29, 1.82) is 0 Å². The quantitative estimate of drug-likeness (QED) is 0.439. The van der Waals surface area contributed by atoms with Gasteiger partial charge in [0.1, 0.15) is 28.8 Å². The molecule has 162 valence electrons. The number of carboxylic acids is 1. The van der Waals surface area contributed by atoms with Gasteiger partial charge in [-0.1, -0.05) is 6.07 Å². The lowest BCUT2D eigenvalue weighted by molar-refractivity contribution is 0.0697. The molecule has 0 atom stereocenters. The molecular formula is C24H21FN4O3. The van der Waals surface area contributed by atoms with Crippen LogP contribution in [0, 0.1) is 19.7 Å². The van der Waals surface area contributed by atoms with Crippen LogP contribution in [0.1, 0.15) is 21.6 Å². The van der Waals surface area contributed by atoms with E-state index in [9.17, 15) is 14.3 Å². The van der Waals surface area contributed by atoms with Gasteiger partial charge in [0.05, 0.1) is 18.5 Å². The second-order valence-electron chi connectivity index (χ2n) is 7.26. The summed E-state index contributed by atoms with van der Waals surface area (Å²) in [6.07, 6.45) is 0. The molecule has 4 aromatic rings. The van der Waals surface area contributed by atoms with Crippen LogP contribution in [0.4, 0.5) is 16.0 Å². The zero-order chi connectivity index (χ0) is 22.8. The summed E-state index contributed by atoms with van der Waals surface area (Å²) in [7, 11) is 1.58. The number of aryl methyl sites for hydroxylation is 2. The van der Waals surface area contributed by atoms with Crippen molar-refractivity contribution in [3.63, 3.8) is 0 Å². The summed E-state index contributed by atoms with van der Waals surface area (Å²) in [6.45, 7) is 3.72. The average Bonchev–Trinajstić information content (AvgIpc) is 3.18. The number of carbonyl (C=O) groups is 1. The molecule has 7 nitrogen and oxygen atoms in total. The van der Waals surface area contributed by atoms with E-state index in [0.717, 1.165) is 11.3 Å². The highest BCUT2D eigenvalue weighted by atomic mass is 19.1. The van der Waals surface area contributed by atoms with E-state index in [1.807, 2.05) is 25.1 Å². The van der Waals surface area contributed by atoms with Gasteiger partial charge in [-0.05, 0) is 61.9 Å². The topological polar surface area (TPSA) is 89.3 Å². The molecule has 0 saturated heterocycles. The van der Waals surface area contributed by atoms with Crippen LogP contribution in [0.15, 0.2) is 60.7 Å². The Morgan fingerprint density at radius 3 is 2.50 bits per heavy atom. The lowest BCUT2D eigenvalue weighted by Crippen LogP contribution is -2.09. The number of benzene rings is 2. The highest BCUT2D eigenvalue weighted by Crippen LogP contribution is 2.30. The van der Waals surface area contributed by atoms with Crippen molar-refractivity contribution < 1.29 is 19.0 Å². The van der Waals surface area contributed by atoms with Crippen molar-refractivity contribution in [3.8, 4) is 22.7 Å². The third kappa shape index (κ3) is 4.15. The van der Waals surface area contributed by atoms with Gasteiger partial charge in [0.2, 0.25) is 0 Å². The van der Waals surface area contributed by atoms with Gasteiger partial charge in [-0.25, -0.2) is 18.9 Å². The molecule has 0 amide bonds. The maximum atomic E-state index is 13.4. The van der Waals surface area contributed by atoms with Crippen molar-refractivity contribution >= 4 is 17.6 Å². The minimum absolute atomic E-state index is 0.0362. The minimum atomic E-state index is -1.10. The Balaban J connectivity index is 1.89. The van der Waals surface area contributed by atoms with Crippen LogP contribution in [0.5, 0.6) is 5.75 Å². The SMILES string of the molecule is COc1ccc(C)c(-n2nc(-c3ccc(F)cc3)cc2Nc2nc(C)ccc2C(=O)O)c1. The van der Waals surface area contributed by atoms with Crippen LogP contribution in [-0.4, -0.2) is 33.0 Å². The Morgan fingerprint density at radius 2 is 1.81 bits per heavy atom. The molecular weight excluding hydrogens is 411 g/mol. The molecule has 0 aliphatic heterocycles. The number of methoxy groups -OCH3 is 1. The lowest BCUT2D eigenvalue weighted by atomic mass is 10.1. The first-order chi connectivity index (χ1) is 15.4. The molecule has 2 N–H and O–H groups in total. The Morgan fingerprint density at radius 1 is 1.06 bits per heavy atom. The summed E-state index contributed by atoms with van der Waals surface area (Å²) < 4.78 is 20.4. The fourth-order valence-corrected chi connectivity index (χ4v) is 3.31. The van der Waals surface area contributed by atoms with Gasteiger partial charge in [0, 0.05) is 23.4 Å². The van der Waals surface area contributed by atoms with Gasteiger partial charge in [0.25, 0.3) is 0 Å². The van der Waals surface area contributed by atoms with Gasteiger partial charge >= 0.3 is 5.97 Å². The second kappa shape index (κ2) is 8.50. The molecule has 0 radical (unpaired) electrons. The molecule has 0 bridgehead atoms. The monoisotopic (exact) mass is 432 g/mol. The third-order valence-corrected chi connectivity index (χ3v) is 5.01. The summed E-state index contributed by atoms with van der Waals surface area (Å²) >= 11 is 0. The molecule has 4 rings (SSSR count). The number of carboxylic acid groups (broad SMARTS) is 1. The largest absolute Gasteiger partial charge is 0.497 e. The number of rotatable bonds is 6. The van der Waals surface area contributed by atoms with Crippen molar-refractivity contribution in [1.82, 2.24) is 14.8 Å². The molecule has 32 heavy (non-hydrogen) atoms. The van der Waals surface area contributed by atoms with Gasteiger partial charge in [-0.3, -0.25) is 0 Å². The smallest absolute Gasteiger partial charge is 0.339 e. The standard InChI is InChI=1S/C24H21FN4O3/c1-14-4-10-18(32-3)12-21(14)29-22(13-20(28-29)16-6-8-17(25)9-7-16)27-23-19(24(30)31)11-5-15(2)26-23/h4-13H,1-3H3,(H,26,27)(H,30,31). The fraction of sp³-hybridized carbons (Fsp3) is 0.125. The summed E-state index contributed by atoms with van der Waals surface area (Å²) in [6, 6.07) is 16.5. The van der Waals surface area contributed by atoms with Crippen LogP contribution in [0.25, 0.3) is 16.9 Å². The van der Waals surface area contributed by atoms with E-state index in [2.05, 4.69) is 10.3 Å². The van der Waals surface area contributed by atoms with Crippen molar-refractivity contribution in [2.45, 2.75) is 13.8 Å². The van der Waals surface area contributed by atoms with E-state index < -0.39 is 5.97 Å². The number of hydrogen-bond acceptors (Lipinski definition) is 5. The Kier molecular flexibility index (Phi) is 5.59. The third-order valence-electron chi connectivity index (χ3n) is 5.01. The molecule has 2 aromatic heterocycles. The highest BCUT2D eigenvalue weighted by Gasteiger charge is 2.18. The Bertz CT molecular complexity index is 1300. The van der Waals surface area contributed by atoms with Crippen LogP contribution in [0.3, 0.4) is 0 Å². The van der Waals surface area contributed by atoms with Crippen molar-refractivity contribution in [2.24, 2.45) is 0 Å². The molecule has 2 heterocycles. The van der Waals surface area contributed by atoms with Gasteiger partial charge in [-0.15, -0.1) is 0 Å². The Hall–Kier alpha value is -4.20. The van der Waals surface area contributed by atoms with Crippen LogP contribution in [-0.2, 0) is 0 Å². The molecule has 0 unspecified atom stereocenters. The normalized spacial score (nSPS) is 10.8. The number of aromatic nitrogens is 3. The number of pyridine rings is 1. The molecule has 0 aliphatic carbocycles. The molecule has 0 saturated carbocycles. The first-order valence-electron chi connectivity index (χ1n) is 9.84. The number of nitrogens with one attached hydrogen (secondary N) is 1. The van der Waals surface area contributed by atoms with Gasteiger partial charge in [0.15, 0.2) is 0 Å². The fourth-order valence-electron chi connectivity index (χ4n) is 3.31.